The van der Waals surface area contributed by atoms with Crippen molar-refractivity contribution < 1.29 is 39.5 Å². The van der Waals surface area contributed by atoms with E-state index in [0.717, 1.165) is 22.2 Å². The van der Waals surface area contributed by atoms with Crippen LogP contribution in [0.3, 0.4) is 0 Å². The SMILES string of the molecule is COc1ccc(/C=C2\SC(=S)N(CC(=O)N[C@@H]3[C@H](O)[C@H](O)[C@@H](CO)O[C@@H]3O)C2=O)cc1. The van der Waals surface area contributed by atoms with E-state index in [-0.39, 0.29) is 4.32 Å². The Hall–Kier alpha value is -2.06. The van der Waals surface area contributed by atoms with Gasteiger partial charge in [0.1, 0.15) is 41.0 Å². The highest BCUT2D eigenvalue weighted by Crippen LogP contribution is 2.32. The van der Waals surface area contributed by atoms with E-state index < -0.39 is 55.6 Å². The maximum Gasteiger partial charge on any atom is 0.266 e. The number of amides is 2. The molecule has 2 aliphatic heterocycles. The average Bonchev–Trinajstić information content (AvgIpc) is 3.01. The summed E-state index contributed by atoms with van der Waals surface area (Å²) in [5.41, 5.74) is 0.753. The summed E-state index contributed by atoms with van der Waals surface area (Å²) in [6.45, 7) is -1.06. The normalized spacial score (nSPS) is 30.0. The van der Waals surface area contributed by atoms with Crippen LogP contribution in [0.15, 0.2) is 29.2 Å². The average molecular weight is 471 g/mol. The summed E-state index contributed by atoms with van der Waals surface area (Å²) < 4.78 is 10.3. The van der Waals surface area contributed by atoms with Gasteiger partial charge in [-0.25, -0.2) is 0 Å². The Morgan fingerprint density at radius 3 is 2.58 bits per heavy atom. The van der Waals surface area contributed by atoms with E-state index in [1.165, 1.54) is 0 Å². The highest BCUT2D eigenvalue weighted by molar-refractivity contribution is 8.26. The minimum absolute atomic E-state index is 0.182. The van der Waals surface area contributed by atoms with Crippen LogP contribution in [0.4, 0.5) is 0 Å². The smallest absolute Gasteiger partial charge is 0.266 e. The lowest BCUT2D eigenvalue weighted by Gasteiger charge is -2.40. The van der Waals surface area contributed by atoms with Crippen LogP contribution in [0.25, 0.3) is 6.08 Å². The number of nitrogens with one attached hydrogen (secondary N) is 1. The molecular weight excluding hydrogens is 448 g/mol. The Balaban J connectivity index is 1.64. The number of methoxy groups -OCH3 is 1. The van der Waals surface area contributed by atoms with Gasteiger partial charge in [-0.2, -0.15) is 0 Å². The number of thioether (sulfide) groups is 1. The number of hydrogen-bond donors (Lipinski definition) is 5. The number of thiocarbonyl (C=S) groups is 1. The van der Waals surface area contributed by atoms with Crippen LogP contribution in [0.5, 0.6) is 5.75 Å². The van der Waals surface area contributed by atoms with Crippen LogP contribution in [0.2, 0.25) is 0 Å². The first-order valence-electron chi connectivity index (χ1n) is 9.24. The Morgan fingerprint density at radius 1 is 1.29 bits per heavy atom. The van der Waals surface area contributed by atoms with Gasteiger partial charge in [0.15, 0.2) is 6.29 Å². The van der Waals surface area contributed by atoms with Crippen LogP contribution in [0.1, 0.15) is 5.56 Å². The topological polar surface area (TPSA) is 149 Å². The quantitative estimate of drug-likeness (QED) is 0.254. The summed E-state index contributed by atoms with van der Waals surface area (Å²) in [6.07, 6.45) is -4.29. The summed E-state index contributed by atoms with van der Waals surface area (Å²) in [5, 5.41) is 41.4. The summed E-state index contributed by atoms with van der Waals surface area (Å²) >= 11 is 6.25. The molecule has 0 aromatic heterocycles. The molecule has 31 heavy (non-hydrogen) atoms. The van der Waals surface area contributed by atoms with Gasteiger partial charge in [0, 0.05) is 0 Å². The molecule has 0 saturated carbocycles. The third-order valence-corrected chi connectivity index (χ3v) is 6.19. The molecule has 0 unspecified atom stereocenters. The van der Waals surface area contributed by atoms with Crippen LogP contribution in [-0.2, 0) is 14.3 Å². The van der Waals surface area contributed by atoms with Gasteiger partial charge in [-0.3, -0.25) is 14.5 Å². The van der Waals surface area contributed by atoms with Gasteiger partial charge in [0.25, 0.3) is 5.91 Å². The molecule has 0 spiro atoms. The first kappa shape index (κ1) is 23.6. The highest BCUT2D eigenvalue weighted by atomic mass is 32.2. The number of rotatable bonds is 6. The number of nitrogens with zero attached hydrogens (tertiary/aromatic N) is 1. The van der Waals surface area contributed by atoms with Gasteiger partial charge in [0.05, 0.1) is 18.6 Å². The molecule has 1 aromatic rings. The Morgan fingerprint density at radius 2 is 1.97 bits per heavy atom. The van der Waals surface area contributed by atoms with Crippen molar-refractivity contribution in [3.63, 3.8) is 0 Å². The zero-order valence-electron chi connectivity index (χ0n) is 16.4. The van der Waals surface area contributed by atoms with Gasteiger partial charge >= 0.3 is 0 Å². The van der Waals surface area contributed by atoms with E-state index in [1.807, 2.05) is 0 Å². The van der Waals surface area contributed by atoms with Crippen molar-refractivity contribution in [2.45, 2.75) is 30.6 Å². The van der Waals surface area contributed by atoms with Crippen LogP contribution in [-0.4, -0.2) is 92.4 Å². The van der Waals surface area contributed by atoms with Crippen molar-refractivity contribution in [2.24, 2.45) is 0 Å². The molecule has 1 aromatic carbocycles. The molecular formula is C19H22N2O8S2. The second-order valence-corrected chi connectivity index (χ2v) is 8.54. The molecule has 10 nitrogen and oxygen atoms in total. The van der Waals surface area contributed by atoms with E-state index in [1.54, 1.807) is 37.5 Å². The molecule has 2 amide bonds. The molecule has 5 atom stereocenters. The van der Waals surface area contributed by atoms with Crippen molar-refractivity contribution in [3.8, 4) is 5.75 Å². The van der Waals surface area contributed by atoms with Crippen molar-refractivity contribution in [1.82, 2.24) is 10.2 Å². The van der Waals surface area contributed by atoms with E-state index in [0.29, 0.717) is 10.7 Å². The summed E-state index contributed by atoms with van der Waals surface area (Å²) in [7, 11) is 1.55. The molecule has 12 heteroatoms. The zero-order valence-corrected chi connectivity index (χ0v) is 18.0. The van der Waals surface area contributed by atoms with E-state index in [9.17, 15) is 24.9 Å². The summed E-state index contributed by atoms with van der Waals surface area (Å²) in [4.78, 5) is 26.5. The first-order valence-corrected chi connectivity index (χ1v) is 10.5. The van der Waals surface area contributed by atoms with E-state index in [4.69, 9.17) is 26.8 Å². The fourth-order valence-corrected chi connectivity index (χ4v) is 4.37. The van der Waals surface area contributed by atoms with E-state index >= 15 is 0 Å². The molecule has 168 valence electrons. The molecule has 2 heterocycles. The van der Waals surface area contributed by atoms with Crippen LogP contribution >= 0.6 is 24.0 Å². The first-order chi connectivity index (χ1) is 14.7. The molecule has 0 aliphatic carbocycles. The zero-order chi connectivity index (χ0) is 22.7. The molecule has 2 fully saturated rings. The number of carbonyl (C=O) groups excluding carboxylic acids is 2. The second-order valence-electron chi connectivity index (χ2n) is 6.86. The van der Waals surface area contributed by atoms with Crippen molar-refractivity contribution in [2.75, 3.05) is 20.3 Å². The lowest BCUT2D eigenvalue weighted by atomic mass is 9.97. The van der Waals surface area contributed by atoms with Crippen LogP contribution in [0, 0.1) is 0 Å². The fraction of sp³-hybridized carbons (Fsp3) is 0.421. The molecule has 3 rings (SSSR count). The molecule has 2 aliphatic rings. The van der Waals surface area contributed by atoms with Crippen molar-refractivity contribution in [1.29, 1.82) is 0 Å². The minimum atomic E-state index is -1.65. The summed E-state index contributed by atoms with van der Waals surface area (Å²) in [6, 6.07) is 5.69. The monoisotopic (exact) mass is 470 g/mol. The number of hydrogen-bond acceptors (Lipinski definition) is 10. The third kappa shape index (κ3) is 5.23. The largest absolute Gasteiger partial charge is 0.497 e. The number of carbonyl (C=O) groups is 2. The number of benzene rings is 1. The molecule has 0 bridgehead atoms. The maximum atomic E-state index is 12.7. The number of aliphatic hydroxyl groups excluding tert-OH is 4. The summed E-state index contributed by atoms with van der Waals surface area (Å²) in [5.74, 6) is -0.501. The van der Waals surface area contributed by atoms with Crippen molar-refractivity contribution in [3.05, 3.63) is 34.7 Å². The maximum absolute atomic E-state index is 12.7. The lowest BCUT2D eigenvalue weighted by molar-refractivity contribution is -0.253. The van der Waals surface area contributed by atoms with E-state index in [2.05, 4.69) is 5.32 Å². The standard InChI is InChI=1S/C19H22N2O8S2/c1-28-10-4-2-9(3-5-10)6-12-17(26)21(19(30)31-12)7-13(23)20-14-16(25)15(24)11(8-22)29-18(14)27/h2-6,11,14-16,18,22,24-25,27H,7-8H2,1H3,(H,20,23)/b12-6-/t11-,14-,15-,16+,18+/m1/s1. The number of ether oxygens (including phenoxy) is 2. The minimum Gasteiger partial charge on any atom is -0.497 e. The Labute approximate surface area is 187 Å². The lowest BCUT2D eigenvalue weighted by Crippen LogP contribution is -2.64. The van der Waals surface area contributed by atoms with Gasteiger partial charge in [0.2, 0.25) is 5.91 Å². The van der Waals surface area contributed by atoms with Gasteiger partial charge in [-0.15, -0.1) is 0 Å². The highest BCUT2D eigenvalue weighted by Gasteiger charge is 2.44. The van der Waals surface area contributed by atoms with Gasteiger partial charge < -0.3 is 35.2 Å². The number of aliphatic hydroxyl groups is 4. The third-order valence-electron chi connectivity index (χ3n) is 4.82. The van der Waals surface area contributed by atoms with Gasteiger partial charge in [-0.05, 0) is 23.8 Å². The van der Waals surface area contributed by atoms with Gasteiger partial charge in [-0.1, -0.05) is 36.1 Å². The Bertz CT molecular complexity index is 878. The predicted octanol–water partition coefficient (Wildman–Crippen LogP) is -1.19. The van der Waals surface area contributed by atoms with Crippen molar-refractivity contribution >= 4 is 46.2 Å². The fourth-order valence-electron chi connectivity index (χ4n) is 3.12. The molecule has 5 N–H and O–H groups in total. The molecule has 2 saturated heterocycles. The Kier molecular flexibility index (Phi) is 7.64. The second kappa shape index (κ2) is 10.0. The predicted molar refractivity (Wildman–Crippen MR) is 115 cm³/mol. The molecule has 0 radical (unpaired) electrons. The van der Waals surface area contributed by atoms with Crippen LogP contribution < -0.4 is 10.1 Å².